The number of alkyl halides is 4. The number of aliphatic hydroxyl groups is 1. The summed E-state index contributed by atoms with van der Waals surface area (Å²) in [6, 6.07) is -0.900. The summed E-state index contributed by atoms with van der Waals surface area (Å²) in [6.45, 7) is -1.46. The number of hydrogen-bond donors (Lipinski definition) is 2. The van der Waals surface area contributed by atoms with E-state index in [0.29, 0.717) is 4.90 Å². The van der Waals surface area contributed by atoms with Crippen molar-refractivity contribution in [3.05, 3.63) is 0 Å². The number of likely N-dealkylation sites (N-methyl/N-ethyl adjacent to an activating group) is 1. The Hall–Kier alpha value is -1.42. The molecule has 0 spiro atoms. The van der Waals surface area contributed by atoms with Gasteiger partial charge in [0, 0.05) is 13.1 Å². The maximum Gasteiger partial charge on any atom is 0.383 e. The molecule has 10 heteroatoms. The minimum Gasteiger partial charge on any atom is -0.480 e. The van der Waals surface area contributed by atoms with E-state index < -0.39 is 56.0 Å². The number of halogens is 4. The van der Waals surface area contributed by atoms with Gasteiger partial charge in [-0.1, -0.05) is 0 Å². The van der Waals surface area contributed by atoms with Crippen molar-refractivity contribution >= 4 is 11.9 Å². The number of carbonyl (C=O) groups is 2. The van der Waals surface area contributed by atoms with Crippen molar-refractivity contribution < 1.29 is 37.4 Å². The predicted octanol–water partition coefficient (Wildman–Crippen LogP) is -0.525. The fourth-order valence-electron chi connectivity index (χ4n) is 2.00. The molecule has 0 bridgehead atoms. The Morgan fingerprint density at radius 1 is 1.40 bits per heavy atom. The fraction of sp³-hybridized carbons (Fsp3) is 0.800. The summed E-state index contributed by atoms with van der Waals surface area (Å²) in [5.74, 6) is -8.10. The topological polar surface area (TPSA) is 81.1 Å². The van der Waals surface area contributed by atoms with E-state index in [9.17, 15) is 32.3 Å². The molecule has 0 aromatic carbocycles. The summed E-state index contributed by atoms with van der Waals surface area (Å²) in [5.41, 5.74) is 0. The van der Waals surface area contributed by atoms with Crippen LogP contribution in [0.15, 0.2) is 0 Å². The third-order valence-corrected chi connectivity index (χ3v) is 3.06. The van der Waals surface area contributed by atoms with Gasteiger partial charge in [-0.15, -0.1) is 0 Å². The summed E-state index contributed by atoms with van der Waals surface area (Å²) in [6.07, 6.45) is -5.42. The van der Waals surface area contributed by atoms with Gasteiger partial charge in [-0.3, -0.25) is 14.5 Å². The lowest BCUT2D eigenvalue weighted by atomic mass is 10.2. The number of carbonyl (C=O) groups excluding carboxylic acids is 1. The summed E-state index contributed by atoms with van der Waals surface area (Å²) < 4.78 is 50.0. The Morgan fingerprint density at radius 2 is 1.95 bits per heavy atom. The van der Waals surface area contributed by atoms with E-state index in [1.165, 1.54) is 7.05 Å². The number of rotatable bonds is 5. The maximum absolute atomic E-state index is 12.9. The summed E-state index contributed by atoms with van der Waals surface area (Å²) >= 11 is 0. The molecule has 1 rings (SSSR count). The van der Waals surface area contributed by atoms with E-state index in [-0.39, 0.29) is 0 Å². The number of carboxylic acid groups (broad SMARTS) is 1. The Bertz CT molecular complexity index is 393. The van der Waals surface area contributed by atoms with Gasteiger partial charge in [-0.25, -0.2) is 8.78 Å². The van der Waals surface area contributed by atoms with Gasteiger partial charge >= 0.3 is 18.3 Å². The molecule has 0 radical (unpaired) electrons. The highest BCUT2D eigenvalue weighted by Crippen LogP contribution is 2.28. The third kappa shape index (κ3) is 3.37. The zero-order valence-corrected chi connectivity index (χ0v) is 10.5. The summed E-state index contributed by atoms with van der Waals surface area (Å²) in [4.78, 5) is 23.4. The Morgan fingerprint density at radius 3 is 2.40 bits per heavy atom. The predicted molar refractivity (Wildman–Crippen MR) is 57.6 cm³/mol. The minimum atomic E-state index is -4.82. The van der Waals surface area contributed by atoms with Crippen LogP contribution in [0.5, 0.6) is 0 Å². The molecule has 1 amide bonds. The lowest BCUT2D eigenvalue weighted by Crippen LogP contribution is -2.48. The molecule has 6 nitrogen and oxygen atoms in total. The Labute approximate surface area is 111 Å². The van der Waals surface area contributed by atoms with Gasteiger partial charge in [-0.2, -0.15) is 8.78 Å². The van der Waals surface area contributed by atoms with E-state index in [2.05, 4.69) is 0 Å². The maximum atomic E-state index is 12.9. The molecule has 0 aromatic heterocycles. The van der Waals surface area contributed by atoms with Crippen LogP contribution in [0.2, 0.25) is 0 Å². The number of β-amino-alcohol motifs (C(OH)–C–C–N with tert-alkyl or cyclic N) is 1. The van der Waals surface area contributed by atoms with Crippen molar-refractivity contribution in [2.24, 2.45) is 0 Å². The zero-order chi connectivity index (χ0) is 15.7. The lowest BCUT2D eigenvalue weighted by molar-refractivity contribution is -0.179. The van der Waals surface area contributed by atoms with Crippen LogP contribution in [-0.4, -0.2) is 83.1 Å². The van der Waals surface area contributed by atoms with Crippen LogP contribution in [0.4, 0.5) is 17.6 Å². The molecule has 1 aliphatic rings. The molecule has 0 unspecified atom stereocenters. The number of aliphatic carboxylic acids is 1. The molecule has 0 saturated carbocycles. The highest BCUT2D eigenvalue weighted by Gasteiger charge is 2.53. The lowest BCUT2D eigenvalue weighted by Gasteiger charge is -2.25. The van der Waals surface area contributed by atoms with E-state index in [4.69, 9.17) is 5.11 Å². The molecule has 2 atom stereocenters. The van der Waals surface area contributed by atoms with Gasteiger partial charge in [0.05, 0.1) is 18.7 Å². The largest absolute Gasteiger partial charge is 0.480 e. The quantitative estimate of drug-likeness (QED) is 0.668. The van der Waals surface area contributed by atoms with Crippen molar-refractivity contribution in [3.63, 3.8) is 0 Å². The first kappa shape index (κ1) is 16.6. The van der Waals surface area contributed by atoms with Gasteiger partial charge in [0.15, 0.2) is 0 Å². The van der Waals surface area contributed by atoms with Crippen LogP contribution in [0.25, 0.3) is 0 Å². The molecule has 1 aliphatic heterocycles. The standard InChI is InChI=1S/C10H14F4N2O4/c1-15(4-7(18)19)5-2-16(3-6(5)17)9(20)10(13,14)8(11)12/h5-6,8,17H,2-4H2,1H3,(H,18,19)/t5-,6+/m0/s1. The molecular weight excluding hydrogens is 288 g/mol. The summed E-state index contributed by atoms with van der Waals surface area (Å²) in [7, 11) is 1.32. The Kier molecular flexibility index (Phi) is 4.92. The third-order valence-electron chi connectivity index (χ3n) is 3.06. The van der Waals surface area contributed by atoms with Crippen molar-refractivity contribution in [2.45, 2.75) is 24.5 Å². The zero-order valence-electron chi connectivity index (χ0n) is 10.5. The minimum absolute atomic E-state index is 0.417. The highest BCUT2D eigenvalue weighted by atomic mass is 19.3. The second kappa shape index (κ2) is 5.92. The normalized spacial score (nSPS) is 23.7. The molecule has 116 valence electrons. The first-order valence-corrected chi connectivity index (χ1v) is 5.62. The molecule has 20 heavy (non-hydrogen) atoms. The number of hydrogen-bond acceptors (Lipinski definition) is 4. The number of carboxylic acids is 1. The Balaban J connectivity index is 2.74. The van der Waals surface area contributed by atoms with Crippen molar-refractivity contribution in [1.29, 1.82) is 0 Å². The smallest absolute Gasteiger partial charge is 0.383 e. The van der Waals surface area contributed by atoms with Crippen LogP contribution in [0.1, 0.15) is 0 Å². The van der Waals surface area contributed by atoms with E-state index >= 15 is 0 Å². The first-order valence-electron chi connectivity index (χ1n) is 5.62. The fourth-order valence-corrected chi connectivity index (χ4v) is 2.00. The summed E-state index contributed by atoms with van der Waals surface area (Å²) in [5, 5.41) is 18.2. The molecular formula is C10H14F4N2O4. The van der Waals surface area contributed by atoms with E-state index in [1.54, 1.807) is 0 Å². The van der Waals surface area contributed by atoms with Gasteiger partial charge in [-0.05, 0) is 7.05 Å². The van der Waals surface area contributed by atoms with E-state index in [1.807, 2.05) is 0 Å². The second-order valence-corrected chi connectivity index (χ2v) is 4.58. The van der Waals surface area contributed by atoms with Crippen LogP contribution in [-0.2, 0) is 9.59 Å². The van der Waals surface area contributed by atoms with E-state index in [0.717, 1.165) is 4.90 Å². The van der Waals surface area contributed by atoms with Crippen molar-refractivity contribution in [2.75, 3.05) is 26.7 Å². The molecule has 1 fully saturated rings. The number of aliphatic hydroxyl groups excluding tert-OH is 1. The van der Waals surface area contributed by atoms with Crippen LogP contribution in [0.3, 0.4) is 0 Å². The molecule has 1 heterocycles. The van der Waals surface area contributed by atoms with Crippen LogP contribution < -0.4 is 0 Å². The van der Waals surface area contributed by atoms with Gasteiger partial charge < -0.3 is 15.1 Å². The highest BCUT2D eigenvalue weighted by molar-refractivity contribution is 5.84. The first-order chi connectivity index (χ1) is 9.07. The molecule has 2 N–H and O–H groups in total. The van der Waals surface area contributed by atoms with Crippen LogP contribution >= 0.6 is 0 Å². The SMILES string of the molecule is CN(CC(=O)O)[C@H]1CN(C(=O)C(F)(F)C(F)F)C[C@H]1O. The average Bonchev–Trinajstić information content (AvgIpc) is 2.69. The van der Waals surface area contributed by atoms with Crippen molar-refractivity contribution in [1.82, 2.24) is 9.80 Å². The number of likely N-dealkylation sites (tertiary alicyclic amines) is 1. The molecule has 0 aliphatic carbocycles. The average molecular weight is 302 g/mol. The number of nitrogens with zero attached hydrogens (tertiary/aromatic N) is 2. The van der Waals surface area contributed by atoms with Gasteiger partial charge in [0.2, 0.25) is 0 Å². The molecule has 1 saturated heterocycles. The van der Waals surface area contributed by atoms with Crippen LogP contribution in [0, 0.1) is 0 Å². The number of amides is 1. The monoisotopic (exact) mass is 302 g/mol. The van der Waals surface area contributed by atoms with Crippen molar-refractivity contribution in [3.8, 4) is 0 Å². The van der Waals surface area contributed by atoms with Gasteiger partial charge in [0.1, 0.15) is 0 Å². The second-order valence-electron chi connectivity index (χ2n) is 4.58. The van der Waals surface area contributed by atoms with Gasteiger partial charge in [0.25, 0.3) is 5.91 Å². The molecule has 0 aromatic rings.